The molecular formula is C15H27NO. The summed E-state index contributed by atoms with van der Waals surface area (Å²) in [5.74, 6) is -0.0319. The van der Waals surface area contributed by atoms with Gasteiger partial charge in [0.25, 0.3) is 0 Å². The maximum atomic E-state index is 10.6. The maximum Gasteiger partial charge on any atom is 0.221 e. The molecule has 0 aliphatic rings. The molecule has 0 aliphatic carbocycles. The number of hydrogen-bond donors (Lipinski definition) is 1. The van der Waals surface area contributed by atoms with Crippen molar-refractivity contribution in [2.45, 2.75) is 54.4 Å². The minimum atomic E-state index is -0.0319. The molecule has 98 valence electrons. The molecule has 1 rings (SSSR count). The number of nitrogens with one attached hydrogen (secondary N) is 1. The summed E-state index contributed by atoms with van der Waals surface area (Å²) in [4.78, 5) is 10.6. The molecule has 0 radical (unpaired) electrons. The number of anilines is 1. The lowest BCUT2D eigenvalue weighted by Crippen LogP contribution is -2.05. The van der Waals surface area contributed by atoms with Crippen LogP contribution in [0.15, 0.2) is 24.3 Å². The fourth-order valence-corrected chi connectivity index (χ4v) is 0.926. The van der Waals surface area contributed by atoms with Gasteiger partial charge in [-0.05, 0) is 24.6 Å². The summed E-state index contributed by atoms with van der Waals surface area (Å²) in [6, 6.07) is 7.71. The van der Waals surface area contributed by atoms with E-state index in [1.165, 1.54) is 19.8 Å². The molecule has 17 heavy (non-hydrogen) atoms. The molecule has 1 amide bonds. The highest BCUT2D eigenvalue weighted by Crippen LogP contribution is 2.08. The van der Waals surface area contributed by atoms with Gasteiger partial charge in [0, 0.05) is 12.6 Å². The van der Waals surface area contributed by atoms with E-state index < -0.39 is 0 Å². The van der Waals surface area contributed by atoms with Gasteiger partial charge in [-0.2, -0.15) is 0 Å². The molecule has 0 saturated heterocycles. The zero-order valence-corrected chi connectivity index (χ0v) is 12.1. The maximum absolute atomic E-state index is 10.6. The molecule has 1 aromatic carbocycles. The van der Waals surface area contributed by atoms with Gasteiger partial charge in [-0.3, -0.25) is 4.79 Å². The van der Waals surface area contributed by atoms with Gasteiger partial charge in [-0.15, -0.1) is 0 Å². The summed E-state index contributed by atoms with van der Waals surface area (Å²) >= 11 is 0. The van der Waals surface area contributed by atoms with Gasteiger partial charge in [0.1, 0.15) is 0 Å². The van der Waals surface area contributed by atoms with Crippen molar-refractivity contribution in [2.24, 2.45) is 0 Å². The van der Waals surface area contributed by atoms with E-state index in [0.29, 0.717) is 0 Å². The summed E-state index contributed by atoms with van der Waals surface area (Å²) in [5.41, 5.74) is 2.01. The quantitative estimate of drug-likeness (QED) is 0.787. The number of aryl methyl sites for hydroxylation is 1. The molecule has 0 fully saturated rings. The number of benzene rings is 1. The Bertz CT molecular complexity index is 293. The van der Waals surface area contributed by atoms with Gasteiger partial charge in [-0.25, -0.2) is 0 Å². The second kappa shape index (κ2) is 12.8. The summed E-state index contributed by atoms with van der Waals surface area (Å²) in [7, 11) is 0. The van der Waals surface area contributed by atoms with Crippen LogP contribution in [0.5, 0.6) is 0 Å². The molecule has 0 unspecified atom stereocenters. The van der Waals surface area contributed by atoms with Crippen LogP contribution in [0.2, 0.25) is 0 Å². The number of rotatable bonds is 2. The summed E-state index contributed by atoms with van der Waals surface area (Å²) in [6.07, 6.45) is 2.64. The summed E-state index contributed by atoms with van der Waals surface area (Å²) in [6.45, 7) is 11.9. The monoisotopic (exact) mass is 237 g/mol. The Labute approximate surface area is 106 Å². The first-order chi connectivity index (χ1) is 8.10. The largest absolute Gasteiger partial charge is 0.326 e. The Morgan fingerprint density at radius 1 is 1.18 bits per heavy atom. The van der Waals surface area contributed by atoms with Crippen LogP contribution < -0.4 is 5.32 Å². The van der Waals surface area contributed by atoms with Crippen LogP contribution >= 0.6 is 0 Å². The Kier molecular flexibility index (Phi) is 13.6. The average molecular weight is 237 g/mol. The first kappa shape index (κ1) is 18.1. The van der Waals surface area contributed by atoms with Crippen LogP contribution in [0.4, 0.5) is 5.69 Å². The molecule has 2 heteroatoms. The second-order valence-corrected chi connectivity index (χ2v) is 3.55. The third-order valence-corrected chi connectivity index (χ3v) is 1.84. The zero-order chi connectivity index (χ0) is 13.7. The van der Waals surface area contributed by atoms with Crippen molar-refractivity contribution in [3.05, 3.63) is 29.8 Å². The van der Waals surface area contributed by atoms with Gasteiger partial charge >= 0.3 is 0 Å². The molecule has 0 spiro atoms. The summed E-state index contributed by atoms with van der Waals surface area (Å²) in [5, 5.41) is 2.71. The van der Waals surface area contributed by atoms with Gasteiger partial charge in [0.05, 0.1) is 0 Å². The van der Waals surface area contributed by atoms with Crippen molar-refractivity contribution in [3.8, 4) is 0 Å². The van der Waals surface area contributed by atoms with E-state index in [1.807, 2.05) is 45.0 Å². The van der Waals surface area contributed by atoms with Crippen LogP contribution in [-0.2, 0) is 4.79 Å². The predicted octanol–water partition coefficient (Wildman–Crippen LogP) is 4.79. The standard InChI is InChI=1S/C9H11NO.C4H10.C2H6/c1-7-4-3-5-9(6-7)10-8(2)11;1-3-4-2;1-2/h3-6H,1-2H3,(H,10,11);3-4H2,1-2H3;1-2H3. The fourth-order valence-electron chi connectivity index (χ4n) is 0.926. The molecule has 1 aromatic rings. The van der Waals surface area contributed by atoms with E-state index in [4.69, 9.17) is 0 Å². The molecule has 0 heterocycles. The zero-order valence-electron chi connectivity index (χ0n) is 12.1. The van der Waals surface area contributed by atoms with Crippen LogP contribution in [0, 0.1) is 6.92 Å². The number of amides is 1. The van der Waals surface area contributed by atoms with E-state index in [1.54, 1.807) is 0 Å². The fraction of sp³-hybridized carbons (Fsp3) is 0.533. The van der Waals surface area contributed by atoms with Crippen molar-refractivity contribution >= 4 is 11.6 Å². The number of unbranched alkanes of at least 4 members (excludes halogenated alkanes) is 1. The molecular weight excluding hydrogens is 210 g/mol. The van der Waals surface area contributed by atoms with Crippen molar-refractivity contribution < 1.29 is 4.79 Å². The minimum Gasteiger partial charge on any atom is -0.326 e. The molecule has 1 N–H and O–H groups in total. The van der Waals surface area contributed by atoms with Crippen LogP contribution in [-0.4, -0.2) is 5.91 Å². The topological polar surface area (TPSA) is 29.1 Å². The second-order valence-electron chi connectivity index (χ2n) is 3.55. The first-order valence-electron chi connectivity index (χ1n) is 6.44. The van der Waals surface area contributed by atoms with Crippen molar-refractivity contribution in [1.82, 2.24) is 0 Å². The summed E-state index contributed by atoms with van der Waals surface area (Å²) < 4.78 is 0. The third-order valence-electron chi connectivity index (χ3n) is 1.84. The van der Waals surface area contributed by atoms with E-state index in [0.717, 1.165) is 11.3 Å². The molecule has 0 aliphatic heterocycles. The van der Waals surface area contributed by atoms with E-state index >= 15 is 0 Å². The lowest BCUT2D eigenvalue weighted by atomic mass is 10.2. The van der Waals surface area contributed by atoms with Crippen LogP contribution in [0.1, 0.15) is 53.0 Å². The normalized spacial score (nSPS) is 8.12. The molecule has 0 bridgehead atoms. The lowest BCUT2D eigenvalue weighted by molar-refractivity contribution is -0.114. The first-order valence-corrected chi connectivity index (χ1v) is 6.44. The number of carbonyl (C=O) groups is 1. The van der Waals surface area contributed by atoms with Gasteiger partial charge in [0.2, 0.25) is 5.91 Å². The van der Waals surface area contributed by atoms with Crippen molar-refractivity contribution in [2.75, 3.05) is 5.32 Å². The highest BCUT2D eigenvalue weighted by Gasteiger charge is 1.93. The van der Waals surface area contributed by atoms with E-state index in [2.05, 4.69) is 19.2 Å². The predicted molar refractivity (Wildman–Crippen MR) is 77.4 cm³/mol. The Hall–Kier alpha value is -1.31. The van der Waals surface area contributed by atoms with Crippen LogP contribution in [0.3, 0.4) is 0 Å². The highest BCUT2D eigenvalue weighted by atomic mass is 16.1. The third kappa shape index (κ3) is 12.6. The van der Waals surface area contributed by atoms with Crippen molar-refractivity contribution in [1.29, 1.82) is 0 Å². The number of carbonyl (C=O) groups excluding carboxylic acids is 1. The van der Waals surface area contributed by atoms with Crippen LogP contribution in [0.25, 0.3) is 0 Å². The molecule has 0 atom stereocenters. The molecule has 0 aromatic heterocycles. The van der Waals surface area contributed by atoms with Gasteiger partial charge < -0.3 is 5.32 Å². The Morgan fingerprint density at radius 2 is 1.71 bits per heavy atom. The van der Waals surface area contributed by atoms with E-state index in [-0.39, 0.29) is 5.91 Å². The lowest BCUT2D eigenvalue weighted by Gasteiger charge is -2.01. The smallest absolute Gasteiger partial charge is 0.221 e. The Balaban J connectivity index is 0. The van der Waals surface area contributed by atoms with E-state index in [9.17, 15) is 4.79 Å². The highest BCUT2D eigenvalue weighted by molar-refractivity contribution is 5.88. The molecule has 2 nitrogen and oxygen atoms in total. The minimum absolute atomic E-state index is 0.0319. The van der Waals surface area contributed by atoms with Gasteiger partial charge in [-0.1, -0.05) is 52.7 Å². The van der Waals surface area contributed by atoms with Gasteiger partial charge in [0.15, 0.2) is 0 Å². The number of hydrogen-bond acceptors (Lipinski definition) is 1. The van der Waals surface area contributed by atoms with Crippen molar-refractivity contribution in [3.63, 3.8) is 0 Å². The Morgan fingerprint density at radius 3 is 2.06 bits per heavy atom. The average Bonchev–Trinajstić information content (AvgIpc) is 2.31. The SMILES string of the molecule is CC.CC(=O)Nc1cccc(C)c1.CCCC. The molecule has 0 saturated carbocycles.